The van der Waals surface area contributed by atoms with Crippen LogP contribution in [0.3, 0.4) is 0 Å². The number of hydrogen-bond donors (Lipinski definition) is 2. The Balaban J connectivity index is 2.21. The Kier molecular flexibility index (Phi) is 6.51. The van der Waals surface area contributed by atoms with Crippen molar-refractivity contribution in [3.63, 3.8) is 0 Å². The summed E-state index contributed by atoms with van der Waals surface area (Å²) in [6.45, 7) is 3.55. The molecule has 1 fully saturated rings. The maximum atomic E-state index is 11.9. The zero-order valence-corrected chi connectivity index (χ0v) is 12.3. The molecule has 0 bridgehead atoms. The summed E-state index contributed by atoms with van der Waals surface area (Å²) in [6, 6.07) is 0.457. The van der Waals surface area contributed by atoms with Crippen LogP contribution in [0.25, 0.3) is 0 Å². The molecule has 1 rings (SSSR count). The van der Waals surface area contributed by atoms with E-state index in [0.29, 0.717) is 19.2 Å². The predicted molar refractivity (Wildman–Crippen MR) is 71.7 cm³/mol. The van der Waals surface area contributed by atoms with Crippen molar-refractivity contribution in [2.24, 2.45) is 0 Å². The highest BCUT2D eigenvalue weighted by Crippen LogP contribution is 2.18. The molecule has 0 aromatic heterocycles. The molecule has 18 heavy (non-hydrogen) atoms. The van der Waals surface area contributed by atoms with Crippen LogP contribution in [-0.2, 0) is 14.9 Å². The largest absolute Gasteiger partial charge is 0.383 e. The molecule has 0 heterocycles. The molecule has 2 N–H and O–H groups in total. The molecule has 1 aliphatic rings. The van der Waals surface area contributed by atoms with Crippen molar-refractivity contribution >= 4 is 10.2 Å². The first-order valence-corrected chi connectivity index (χ1v) is 7.85. The van der Waals surface area contributed by atoms with Crippen LogP contribution in [0.4, 0.5) is 0 Å². The van der Waals surface area contributed by atoms with Gasteiger partial charge in [0.1, 0.15) is 0 Å². The van der Waals surface area contributed by atoms with Crippen LogP contribution >= 0.6 is 0 Å². The third-order valence-corrected chi connectivity index (χ3v) is 4.54. The Morgan fingerprint density at radius 2 is 2.11 bits per heavy atom. The summed E-state index contributed by atoms with van der Waals surface area (Å²) in [5, 5.41) is 3.36. The lowest BCUT2D eigenvalue weighted by Crippen LogP contribution is -2.44. The predicted octanol–water partition coefficient (Wildman–Crippen LogP) is -0.0704. The van der Waals surface area contributed by atoms with Crippen molar-refractivity contribution in [1.82, 2.24) is 14.3 Å². The molecule has 0 aliphatic heterocycles. The molecule has 0 aromatic carbocycles. The lowest BCUT2D eigenvalue weighted by molar-refractivity contribution is 0.179. The fourth-order valence-corrected chi connectivity index (χ4v) is 2.77. The fraction of sp³-hybridized carbons (Fsp3) is 1.00. The van der Waals surface area contributed by atoms with Gasteiger partial charge in [0, 0.05) is 32.8 Å². The number of ether oxygens (including phenoxy) is 1. The summed E-state index contributed by atoms with van der Waals surface area (Å²) in [6.07, 6.45) is 3.33. The number of methoxy groups -OCH3 is 1. The minimum atomic E-state index is -3.39. The van der Waals surface area contributed by atoms with E-state index in [9.17, 15) is 8.42 Å². The molecule has 1 atom stereocenters. The number of rotatable bonds is 10. The van der Waals surface area contributed by atoms with Gasteiger partial charge in [0.2, 0.25) is 0 Å². The van der Waals surface area contributed by atoms with Gasteiger partial charge in [0.05, 0.1) is 6.61 Å². The third kappa shape index (κ3) is 6.10. The topological polar surface area (TPSA) is 70.7 Å². The van der Waals surface area contributed by atoms with Gasteiger partial charge in [0.15, 0.2) is 0 Å². The Bertz CT molecular complexity index is 330. The van der Waals surface area contributed by atoms with Crippen molar-refractivity contribution in [3.8, 4) is 0 Å². The van der Waals surface area contributed by atoms with E-state index in [4.69, 9.17) is 4.74 Å². The van der Waals surface area contributed by atoms with Crippen molar-refractivity contribution in [3.05, 3.63) is 0 Å². The molecule has 6 nitrogen and oxygen atoms in total. The fourth-order valence-electron chi connectivity index (χ4n) is 1.64. The lowest BCUT2D eigenvalue weighted by Gasteiger charge is -2.20. The van der Waals surface area contributed by atoms with Gasteiger partial charge in [-0.2, -0.15) is 17.4 Å². The molecule has 0 aromatic rings. The van der Waals surface area contributed by atoms with Gasteiger partial charge in [-0.15, -0.1) is 0 Å². The summed E-state index contributed by atoms with van der Waals surface area (Å²) >= 11 is 0. The number of hydrogen-bond acceptors (Lipinski definition) is 4. The molecule has 0 spiro atoms. The highest BCUT2D eigenvalue weighted by Gasteiger charge is 2.21. The van der Waals surface area contributed by atoms with Gasteiger partial charge < -0.3 is 10.1 Å². The van der Waals surface area contributed by atoms with E-state index in [1.165, 1.54) is 17.1 Å². The van der Waals surface area contributed by atoms with Gasteiger partial charge in [-0.3, -0.25) is 0 Å². The van der Waals surface area contributed by atoms with Crippen molar-refractivity contribution in [2.45, 2.75) is 38.3 Å². The van der Waals surface area contributed by atoms with Gasteiger partial charge in [-0.05, 0) is 32.7 Å². The summed E-state index contributed by atoms with van der Waals surface area (Å²) < 4.78 is 32.6. The van der Waals surface area contributed by atoms with Crippen molar-refractivity contribution in [1.29, 1.82) is 0 Å². The minimum absolute atomic E-state index is 0.216. The van der Waals surface area contributed by atoms with E-state index < -0.39 is 10.2 Å². The lowest BCUT2D eigenvalue weighted by atomic mass is 10.4. The molecule has 0 amide bonds. The normalized spacial score (nSPS) is 18.2. The van der Waals surface area contributed by atoms with Crippen LogP contribution in [0, 0.1) is 0 Å². The maximum absolute atomic E-state index is 11.9. The quantitative estimate of drug-likeness (QED) is 0.549. The zero-order chi connectivity index (χ0) is 13.6. The molecular weight excluding hydrogens is 254 g/mol. The second-order valence-corrected chi connectivity index (χ2v) is 6.69. The van der Waals surface area contributed by atoms with Gasteiger partial charge in [-0.25, -0.2) is 0 Å². The second kappa shape index (κ2) is 7.40. The first-order chi connectivity index (χ1) is 8.45. The average molecular weight is 279 g/mol. The average Bonchev–Trinajstić information content (AvgIpc) is 3.07. The minimum Gasteiger partial charge on any atom is -0.383 e. The first-order valence-electron chi connectivity index (χ1n) is 6.41. The highest BCUT2D eigenvalue weighted by atomic mass is 32.2. The number of nitrogens with zero attached hydrogens (tertiary/aromatic N) is 1. The van der Waals surface area contributed by atoms with E-state index in [1.807, 2.05) is 0 Å². The van der Waals surface area contributed by atoms with E-state index in [2.05, 4.69) is 10.0 Å². The second-order valence-electron chi connectivity index (χ2n) is 4.88. The van der Waals surface area contributed by atoms with Crippen LogP contribution in [-0.4, -0.2) is 58.7 Å². The molecule has 1 unspecified atom stereocenters. The molecule has 7 heteroatoms. The Labute approximate surface area is 110 Å². The summed E-state index contributed by atoms with van der Waals surface area (Å²) in [5.74, 6) is 0. The standard InChI is InChI=1S/C11H25N3O3S/c1-10(9-17-3)13-18(15,16)14(2)8-4-7-12-11-5-6-11/h10-13H,4-9H2,1-3H3. The zero-order valence-electron chi connectivity index (χ0n) is 11.5. The van der Waals surface area contributed by atoms with E-state index in [0.717, 1.165) is 13.0 Å². The third-order valence-electron chi connectivity index (χ3n) is 2.84. The van der Waals surface area contributed by atoms with Gasteiger partial charge in [-0.1, -0.05) is 0 Å². The highest BCUT2D eigenvalue weighted by molar-refractivity contribution is 7.87. The Morgan fingerprint density at radius 3 is 2.67 bits per heavy atom. The molecule has 0 saturated heterocycles. The number of nitrogens with one attached hydrogen (secondary N) is 2. The Hall–Kier alpha value is -0.210. The molecule has 1 aliphatic carbocycles. The maximum Gasteiger partial charge on any atom is 0.279 e. The monoisotopic (exact) mass is 279 g/mol. The molecule has 1 saturated carbocycles. The van der Waals surface area contributed by atoms with E-state index in [-0.39, 0.29) is 6.04 Å². The van der Waals surface area contributed by atoms with Gasteiger partial charge >= 0.3 is 0 Å². The Morgan fingerprint density at radius 1 is 1.44 bits per heavy atom. The summed E-state index contributed by atoms with van der Waals surface area (Å²) in [7, 11) is -0.241. The van der Waals surface area contributed by atoms with Crippen LogP contribution in [0.1, 0.15) is 26.2 Å². The smallest absolute Gasteiger partial charge is 0.279 e. The first kappa shape index (κ1) is 15.8. The van der Waals surface area contributed by atoms with Gasteiger partial charge in [0.25, 0.3) is 10.2 Å². The molecular formula is C11H25N3O3S. The SMILES string of the molecule is COCC(C)NS(=O)(=O)N(C)CCCNC1CC1. The van der Waals surface area contributed by atoms with E-state index in [1.54, 1.807) is 21.1 Å². The van der Waals surface area contributed by atoms with Crippen LogP contribution in [0.15, 0.2) is 0 Å². The van der Waals surface area contributed by atoms with E-state index >= 15 is 0 Å². The summed E-state index contributed by atoms with van der Waals surface area (Å²) in [5.41, 5.74) is 0. The molecule has 0 radical (unpaired) electrons. The van der Waals surface area contributed by atoms with Crippen molar-refractivity contribution in [2.75, 3.05) is 33.9 Å². The summed E-state index contributed by atoms with van der Waals surface area (Å²) in [4.78, 5) is 0. The van der Waals surface area contributed by atoms with Crippen LogP contribution in [0.5, 0.6) is 0 Å². The van der Waals surface area contributed by atoms with Crippen molar-refractivity contribution < 1.29 is 13.2 Å². The molecule has 108 valence electrons. The van der Waals surface area contributed by atoms with Crippen LogP contribution < -0.4 is 10.0 Å². The van der Waals surface area contributed by atoms with Crippen LogP contribution in [0.2, 0.25) is 0 Å².